The van der Waals surface area contributed by atoms with Crippen LogP contribution in [0.4, 0.5) is 0 Å². The number of rotatable bonds is 3. The summed E-state index contributed by atoms with van der Waals surface area (Å²) in [4.78, 5) is 26.9. The standard InChI is InChI=1S/C21H18N4O3S/c1-11-8-13(12(2)18-14-6-4-5-7-15(14)23-19(11)18)10-22-25-21-24-20(27)16(29-21)9-17(26)28-3/h4-10,23H,1-3H3,(H,24,25,27)/b16-9+,22-10?. The number of hydrogen-bond donors (Lipinski definition) is 2. The molecule has 7 nitrogen and oxygen atoms in total. The molecule has 1 saturated heterocycles. The highest BCUT2D eigenvalue weighted by Gasteiger charge is 2.25. The summed E-state index contributed by atoms with van der Waals surface area (Å²) in [5.41, 5.74) is 5.37. The van der Waals surface area contributed by atoms with E-state index >= 15 is 0 Å². The maximum atomic E-state index is 11.9. The average molecular weight is 406 g/mol. The topological polar surface area (TPSA) is 95.9 Å². The van der Waals surface area contributed by atoms with Gasteiger partial charge in [0.15, 0.2) is 5.17 Å². The van der Waals surface area contributed by atoms with Crippen LogP contribution >= 0.6 is 11.8 Å². The number of benzene rings is 2. The minimum atomic E-state index is -0.592. The number of nitrogens with zero attached hydrogens (tertiary/aromatic N) is 2. The smallest absolute Gasteiger partial charge is 0.331 e. The molecule has 0 spiro atoms. The summed E-state index contributed by atoms with van der Waals surface area (Å²) in [5, 5.41) is 13.4. The van der Waals surface area contributed by atoms with E-state index in [1.807, 2.05) is 12.1 Å². The Kier molecular flexibility index (Phi) is 4.94. The number of fused-ring (bicyclic) bond motifs is 3. The van der Waals surface area contributed by atoms with Gasteiger partial charge in [-0.2, -0.15) is 5.10 Å². The summed E-state index contributed by atoms with van der Waals surface area (Å²) in [6.07, 6.45) is 2.80. The number of esters is 1. The fourth-order valence-electron chi connectivity index (χ4n) is 3.30. The molecule has 146 valence electrons. The van der Waals surface area contributed by atoms with Gasteiger partial charge in [0.05, 0.1) is 18.2 Å². The van der Waals surface area contributed by atoms with E-state index in [-0.39, 0.29) is 4.91 Å². The van der Waals surface area contributed by atoms with E-state index < -0.39 is 11.9 Å². The summed E-state index contributed by atoms with van der Waals surface area (Å²) in [5.74, 6) is -0.993. The van der Waals surface area contributed by atoms with Crippen LogP contribution < -0.4 is 5.32 Å². The Labute approximate surface area is 170 Å². The van der Waals surface area contributed by atoms with Crippen LogP contribution in [-0.2, 0) is 14.3 Å². The van der Waals surface area contributed by atoms with Crippen molar-refractivity contribution in [1.82, 2.24) is 10.3 Å². The highest BCUT2D eigenvalue weighted by molar-refractivity contribution is 8.18. The second kappa shape index (κ2) is 7.56. The number of aryl methyl sites for hydroxylation is 2. The molecular weight excluding hydrogens is 388 g/mol. The molecule has 1 aliphatic rings. The van der Waals surface area contributed by atoms with E-state index in [1.54, 1.807) is 6.21 Å². The van der Waals surface area contributed by atoms with Crippen LogP contribution in [-0.4, -0.2) is 35.4 Å². The number of amides is 1. The number of para-hydroxylation sites is 1. The molecule has 29 heavy (non-hydrogen) atoms. The monoisotopic (exact) mass is 406 g/mol. The molecule has 3 aromatic rings. The second-order valence-corrected chi connectivity index (χ2v) is 7.60. The quantitative estimate of drug-likeness (QED) is 0.301. The zero-order valence-corrected chi connectivity index (χ0v) is 16.9. The van der Waals surface area contributed by atoms with Gasteiger partial charge in [0.2, 0.25) is 0 Å². The Morgan fingerprint density at radius 3 is 2.83 bits per heavy atom. The number of carbonyl (C=O) groups excluding carboxylic acids is 2. The number of amidine groups is 1. The first-order valence-electron chi connectivity index (χ1n) is 8.88. The molecule has 0 saturated carbocycles. The molecule has 2 heterocycles. The van der Waals surface area contributed by atoms with Crippen LogP contribution in [0, 0.1) is 13.8 Å². The van der Waals surface area contributed by atoms with Gasteiger partial charge in [0.25, 0.3) is 5.91 Å². The van der Waals surface area contributed by atoms with Gasteiger partial charge >= 0.3 is 5.97 Å². The largest absolute Gasteiger partial charge is 0.466 e. The van der Waals surface area contributed by atoms with Gasteiger partial charge in [0.1, 0.15) is 0 Å². The van der Waals surface area contributed by atoms with E-state index in [4.69, 9.17) is 0 Å². The summed E-state index contributed by atoms with van der Waals surface area (Å²) in [6, 6.07) is 10.3. The number of thioether (sulfide) groups is 1. The molecule has 4 rings (SSSR count). The van der Waals surface area contributed by atoms with Gasteiger partial charge in [-0.05, 0) is 54.4 Å². The molecule has 0 bridgehead atoms. The number of ether oxygens (including phenoxy) is 1. The van der Waals surface area contributed by atoms with Crippen molar-refractivity contribution in [3.63, 3.8) is 0 Å². The third kappa shape index (κ3) is 3.54. The predicted molar refractivity (Wildman–Crippen MR) is 116 cm³/mol. The normalized spacial score (nSPS) is 17.1. The predicted octanol–water partition coefficient (Wildman–Crippen LogP) is 3.55. The third-order valence-corrected chi connectivity index (χ3v) is 5.63. The first-order chi connectivity index (χ1) is 14.0. The van der Waals surface area contributed by atoms with Crippen molar-refractivity contribution in [2.24, 2.45) is 10.2 Å². The summed E-state index contributed by atoms with van der Waals surface area (Å²) >= 11 is 1.04. The Balaban J connectivity index is 1.65. The van der Waals surface area contributed by atoms with E-state index in [0.717, 1.165) is 45.6 Å². The van der Waals surface area contributed by atoms with Crippen LogP contribution in [0.2, 0.25) is 0 Å². The Morgan fingerprint density at radius 1 is 1.24 bits per heavy atom. The SMILES string of the molecule is COC(=O)/C=C1/S/C(=N\N=Cc2cc(C)c3[nH]c4ccccc4c3c2C)NC1=O. The van der Waals surface area contributed by atoms with E-state index in [0.29, 0.717) is 5.17 Å². The van der Waals surface area contributed by atoms with Crippen LogP contribution in [0.25, 0.3) is 21.8 Å². The van der Waals surface area contributed by atoms with Crippen molar-refractivity contribution < 1.29 is 14.3 Å². The number of H-pyrrole nitrogens is 1. The van der Waals surface area contributed by atoms with Gasteiger partial charge in [0, 0.05) is 27.9 Å². The van der Waals surface area contributed by atoms with E-state index in [2.05, 4.69) is 57.3 Å². The van der Waals surface area contributed by atoms with Gasteiger partial charge in [-0.15, -0.1) is 5.10 Å². The van der Waals surface area contributed by atoms with Crippen molar-refractivity contribution in [3.8, 4) is 0 Å². The molecule has 1 fully saturated rings. The zero-order chi connectivity index (χ0) is 20.5. The van der Waals surface area contributed by atoms with Crippen molar-refractivity contribution >= 4 is 56.8 Å². The summed E-state index contributed by atoms with van der Waals surface area (Å²) < 4.78 is 4.54. The number of aromatic nitrogens is 1. The Bertz CT molecular complexity index is 1250. The number of nitrogens with one attached hydrogen (secondary N) is 2. The Morgan fingerprint density at radius 2 is 2.03 bits per heavy atom. The number of aromatic amines is 1. The minimum absolute atomic E-state index is 0.220. The zero-order valence-electron chi connectivity index (χ0n) is 16.1. The third-order valence-electron chi connectivity index (χ3n) is 4.73. The lowest BCUT2D eigenvalue weighted by Gasteiger charge is -2.05. The van der Waals surface area contributed by atoms with Crippen LogP contribution in [0.1, 0.15) is 16.7 Å². The van der Waals surface area contributed by atoms with Crippen molar-refractivity contribution in [3.05, 3.63) is 58.0 Å². The number of hydrogen-bond acceptors (Lipinski definition) is 6. The lowest BCUT2D eigenvalue weighted by Crippen LogP contribution is -2.19. The molecule has 1 aromatic heterocycles. The molecule has 0 radical (unpaired) electrons. The number of methoxy groups -OCH3 is 1. The fourth-order valence-corrected chi connectivity index (χ4v) is 4.04. The van der Waals surface area contributed by atoms with Crippen molar-refractivity contribution in [2.75, 3.05) is 7.11 Å². The van der Waals surface area contributed by atoms with Crippen LogP contribution in [0.5, 0.6) is 0 Å². The maximum absolute atomic E-state index is 11.9. The molecule has 1 aliphatic heterocycles. The highest BCUT2D eigenvalue weighted by atomic mass is 32.2. The summed E-state index contributed by atoms with van der Waals surface area (Å²) in [6.45, 7) is 4.11. The van der Waals surface area contributed by atoms with E-state index in [1.165, 1.54) is 17.9 Å². The van der Waals surface area contributed by atoms with Crippen molar-refractivity contribution in [1.29, 1.82) is 0 Å². The van der Waals surface area contributed by atoms with Crippen LogP contribution in [0.15, 0.2) is 51.5 Å². The van der Waals surface area contributed by atoms with Gasteiger partial charge in [-0.25, -0.2) is 4.79 Å². The second-order valence-electron chi connectivity index (χ2n) is 6.57. The molecule has 1 amide bonds. The summed E-state index contributed by atoms with van der Waals surface area (Å²) in [7, 11) is 1.26. The van der Waals surface area contributed by atoms with Gasteiger partial charge in [-0.1, -0.05) is 18.2 Å². The van der Waals surface area contributed by atoms with Gasteiger partial charge < -0.3 is 9.72 Å². The first-order valence-corrected chi connectivity index (χ1v) is 9.70. The Hall–Kier alpha value is -3.39. The molecular formula is C21H18N4O3S. The lowest BCUT2D eigenvalue weighted by atomic mass is 9.99. The minimum Gasteiger partial charge on any atom is -0.466 e. The molecule has 2 N–H and O–H groups in total. The van der Waals surface area contributed by atoms with E-state index in [9.17, 15) is 9.59 Å². The number of carbonyl (C=O) groups is 2. The van der Waals surface area contributed by atoms with Crippen LogP contribution in [0.3, 0.4) is 0 Å². The maximum Gasteiger partial charge on any atom is 0.331 e. The van der Waals surface area contributed by atoms with Gasteiger partial charge in [-0.3, -0.25) is 10.1 Å². The molecule has 0 aliphatic carbocycles. The van der Waals surface area contributed by atoms with Crippen molar-refractivity contribution in [2.45, 2.75) is 13.8 Å². The highest BCUT2D eigenvalue weighted by Crippen LogP contribution is 2.32. The molecule has 2 aromatic carbocycles. The first kappa shape index (κ1) is 18.9. The average Bonchev–Trinajstić information content (AvgIpc) is 3.26. The fraction of sp³-hybridized carbons (Fsp3) is 0.143. The molecule has 8 heteroatoms. The molecule has 0 unspecified atom stereocenters. The lowest BCUT2D eigenvalue weighted by molar-refractivity contribution is -0.135. The molecule has 0 atom stereocenters.